The van der Waals surface area contributed by atoms with Gasteiger partial charge in [0, 0.05) is 29.6 Å². The van der Waals surface area contributed by atoms with Gasteiger partial charge in [-0.2, -0.15) is 0 Å². The molecule has 0 saturated heterocycles. The standard InChI is InChI=1S/C17H17NOS/c1-3-5-8-12-20-17(19)16-13-14-9-6-7-10-15(14)18(16)11-4-2/h1,4,6-7,9-10,13H,2,5,8,11-12H2. The molecule has 0 bridgehead atoms. The summed E-state index contributed by atoms with van der Waals surface area (Å²) in [6, 6.07) is 9.97. The van der Waals surface area contributed by atoms with Gasteiger partial charge in [0.05, 0.1) is 5.69 Å². The molecule has 0 aliphatic heterocycles. The summed E-state index contributed by atoms with van der Waals surface area (Å²) < 4.78 is 2.01. The molecule has 20 heavy (non-hydrogen) atoms. The summed E-state index contributed by atoms with van der Waals surface area (Å²) in [7, 11) is 0. The Morgan fingerprint density at radius 3 is 3.00 bits per heavy atom. The third-order valence-corrected chi connectivity index (χ3v) is 3.99. The molecule has 0 radical (unpaired) electrons. The number of carbonyl (C=O) groups is 1. The Labute approximate surface area is 123 Å². The maximum atomic E-state index is 12.3. The summed E-state index contributed by atoms with van der Waals surface area (Å²) >= 11 is 1.34. The predicted molar refractivity (Wildman–Crippen MR) is 87.0 cm³/mol. The predicted octanol–water partition coefficient (Wildman–Crippen LogP) is 4.11. The van der Waals surface area contributed by atoms with E-state index >= 15 is 0 Å². The van der Waals surface area contributed by atoms with E-state index in [1.165, 1.54) is 11.8 Å². The van der Waals surface area contributed by atoms with Crippen molar-refractivity contribution in [1.29, 1.82) is 0 Å². The fourth-order valence-corrected chi connectivity index (χ4v) is 2.91. The van der Waals surface area contributed by atoms with Gasteiger partial charge in [-0.05, 0) is 18.6 Å². The number of benzene rings is 1. The molecule has 2 rings (SSSR count). The number of para-hydroxylation sites is 1. The van der Waals surface area contributed by atoms with E-state index < -0.39 is 0 Å². The van der Waals surface area contributed by atoms with Gasteiger partial charge in [0.2, 0.25) is 5.12 Å². The molecule has 2 nitrogen and oxygen atoms in total. The van der Waals surface area contributed by atoms with Gasteiger partial charge in [0.25, 0.3) is 0 Å². The molecule has 0 N–H and O–H groups in total. The van der Waals surface area contributed by atoms with Crippen LogP contribution in [0.4, 0.5) is 0 Å². The average molecular weight is 283 g/mol. The van der Waals surface area contributed by atoms with E-state index in [9.17, 15) is 4.79 Å². The van der Waals surface area contributed by atoms with E-state index in [-0.39, 0.29) is 5.12 Å². The number of hydrogen-bond acceptors (Lipinski definition) is 2. The summed E-state index contributed by atoms with van der Waals surface area (Å²) in [5.74, 6) is 3.35. The number of nitrogens with zero attached hydrogens (tertiary/aromatic N) is 1. The molecule has 0 atom stereocenters. The number of thioether (sulfide) groups is 1. The zero-order chi connectivity index (χ0) is 14.4. The number of unbranched alkanes of at least 4 members (excludes halogenated alkanes) is 1. The van der Waals surface area contributed by atoms with Crippen molar-refractivity contribution in [3.63, 3.8) is 0 Å². The van der Waals surface area contributed by atoms with E-state index in [1.807, 2.05) is 41.0 Å². The molecule has 0 aliphatic rings. The van der Waals surface area contributed by atoms with Gasteiger partial charge in [0.15, 0.2) is 0 Å². The van der Waals surface area contributed by atoms with Crippen LogP contribution < -0.4 is 0 Å². The summed E-state index contributed by atoms with van der Waals surface area (Å²) in [6.07, 6.45) is 8.61. The zero-order valence-electron chi connectivity index (χ0n) is 11.3. The molecular weight excluding hydrogens is 266 g/mol. The maximum Gasteiger partial charge on any atom is 0.235 e. The van der Waals surface area contributed by atoms with E-state index in [0.717, 1.165) is 35.2 Å². The molecule has 1 aromatic carbocycles. The molecule has 3 heteroatoms. The van der Waals surface area contributed by atoms with Gasteiger partial charge in [-0.1, -0.05) is 36.0 Å². The fourth-order valence-electron chi connectivity index (χ4n) is 2.12. The molecule has 0 spiro atoms. The van der Waals surface area contributed by atoms with Crippen LogP contribution in [0, 0.1) is 12.3 Å². The molecule has 0 aliphatic carbocycles. The van der Waals surface area contributed by atoms with E-state index in [4.69, 9.17) is 6.42 Å². The molecule has 0 unspecified atom stereocenters. The van der Waals surface area contributed by atoms with Crippen LogP contribution in [-0.2, 0) is 6.54 Å². The van der Waals surface area contributed by atoms with Crippen LogP contribution in [0.15, 0.2) is 43.0 Å². The van der Waals surface area contributed by atoms with Crippen LogP contribution in [0.3, 0.4) is 0 Å². The lowest BCUT2D eigenvalue weighted by Gasteiger charge is -2.06. The van der Waals surface area contributed by atoms with Crippen LogP contribution >= 0.6 is 11.8 Å². The van der Waals surface area contributed by atoms with Crippen LogP contribution in [-0.4, -0.2) is 15.4 Å². The van der Waals surface area contributed by atoms with Crippen LogP contribution in [0.5, 0.6) is 0 Å². The highest BCUT2D eigenvalue weighted by Gasteiger charge is 2.14. The number of fused-ring (bicyclic) bond motifs is 1. The number of aromatic nitrogens is 1. The normalized spacial score (nSPS) is 10.3. The van der Waals surface area contributed by atoms with Crippen molar-refractivity contribution in [2.75, 3.05) is 5.75 Å². The third kappa shape index (κ3) is 3.15. The van der Waals surface area contributed by atoms with Gasteiger partial charge in [-0.3, -0.25) is 4.79 Å². The largest absolute Gasteiger partial charge is 0.333 e. The SMILES string of the molecule is C#CCCCSC(=O)c1cc2ccccc2n1CC=C. The second-order valence-electron chi connectivity index (χ2n) is 4.43. The molecule has 0 saturated carbocycles. The highest BCUT2D eigenvalue weighted by molar-refractivity contribution is 8.14. The van der Waals surface area contributed by atoms with E-state index in [1.54, 1.807) is 0 Å². The first-order chi connectivity index (χ1) is 9.77. The highest BCUT2D eigenvalue weighted by atomic mass is 32.2. The Balaban J connectivity index is 2.24. The lowest BCUT2D eigenvalue weighted by molar-refractivity contribution is 0.108. The van der Waals surface area contributed by atoms with Gasteiger partial charge in [0.1, 0.15) is 0 Å². The van der Waals surface area contributed by atoms with Crippen molar-refractivity contribution in [3.05, 3.63) is 48.7 Å². The van der Waals surface area contributed by atoms with Crippen molar-refractivity contribution < 1.29 is 4.79 Å². The molecule has 0 fully saturated rings. The van der Waals surface area contributed by atoms with Gasteiger partial charge in [-0.15, -0.1) is 18.9 Å². The Hall–Kier alpha value is -1.92. The van der Waals surface area contributed by atoms with Crippen molar-refractivity contribution in [2.45, 2.75) is 19.4 Å². The Morgan fingerprint density at radius 2 is 2.25 bits per heavy atom. The Bertz CT molecular complexity index is 663. The average Bonchev–Trinajstić information content (AvgIpc) is 2.83. The van der Waals surface area contributed by atoms with Crippen molar-refractivity contribution in [1.82, 2.24) is 4.57 Å². The molecule has 1 aromatic heterocycles. The fraction of sp³-hybridized carbons (Fsp3) is 0.235. The first-order valence-corrected chi connectivity index (χ1v) is 7.56. The topological polar surface area (TPSA) is 22.0 Å². The Morgan fingerprint density at radius 1 is 1.45 bits per heavy atom. The van der Waals surface area contributed by atoms with Gasteiger partial charge < -0.3 is 4.57 Å². The highest BCUT2D eigenvalue weighted by Crippen LogP contribution is 2.23. The number of allylic oxidation sites excluding steroid dienone is 1. The van der Waals surface area contributed by atoms with Crippen LogP contribution in [0.1, 0.15) is 23.3 Å². The van der Waals surface area contributed by atoms with Gasteiger partial charge >= 0.3 is 0 Å². The molecular formula is C17H17NOS. The monoisotopic (exact) mass is 283 g/mol. The number of carbonyl (C=O) groups excluding carboxylic acids is 1. The quantitative estimate of drug-likeness (QED) is 0.452. The lowest BCUT2D eigenvalue weighted by atomic mass is 10.2. The minimum atomic E-state index is 0.0973. The molecule has 0 amide bonds. The zero-order valence-corrected chi connectivity index (χ0v) is 12.2. The second kappa shape index (κ2) is 7.02. The maximum absolute atomic E-state index is 12.3. The van der Waals surface area contributed by atoms with Crippen LogP contribution in [0.25, 0.3) is 10.9 Å². The Kier molecular flexibility index (Phi) is 5.09. The second-order valence-corrected chi connectivity index (χ2v) is 5.50. The summed E-state index contributed by atoms with van der Waals surface area (Å²) in [5, 5.41) is 1.18. The van der Waals surface area contributed by atoms with Crippen molar-refractivity contribution in [2.24, 2.45) is 0 Å². The van der Waals surface area contributed by atoms with Crippen molar-refractivity contribution >= 4 is 27.8 Å². The number of rotatable bonds is 6. The number of terminal acetylenes is 1. The van der Waals surface area contributed by atoms with Crippen molar-refractivity contribution in [3.8, 4) is 12.3 Å². The molecule has 2 aromatic rings. The first kappa shape index (κ1) is 14.5. The van der Waals surface area contributed by atoms with E-state index in [0.29, 0.717) is 6.54 Å². The number of hydrogen-bond donors (Lipinski definition) is 0. The summed E-state index contributed by atoms with van der Waals surface area (Å²) in [5.41, 5.74) is 1.80. The van der Waals surface area contributed by atoms with Crippen LogP contribution in [0.2, 0.25) is 0 Å². The van der Waals surface area contributed by atoms with Gasteiger partial charge in [-0.25, -0.2) is 0 Å². The minimum Gasteiger partial charge on any atom is -0.333 e. The summed E-state index contributed by atoms with van der Waals surface area (Å²) in [4.78, 5) is 12.3. The summed E-state index contributed by atoms with van der Waals surface area (Å²) in [6.45, 7) is 4.41. The van der Waals surface area contributed by atoms with E-state index in [2.05, 4.69) is 12.5 Å². The molecule has 1 heterocycles. The first-order valence-electron chi connectivity index (χ1n) is 6.57. The smallest absolute Gasteiger partial charge is 0.235 e. The minimum absolute atomic E-state index is 0.0973. The third-order valence-electron chi connectivity index (χ3n) is 3.03. The lowest BCUT2D eigenvalue weighted by Crippen LogP contribution is -2.06. The molecule has 102 valence electrons.